The molecule has 6 nitrogen and oxygen atoms in total. The predicted octanol–water partition coefficient (Wildman–Crippen LogP) is 1.92. The van der Waals surface area contributed by atoms with E-state index in [2.05, 4.69) is 11.9 Å². The van der Waals surface area contributed by atoms with Gasteiger partial charge in [0.15, 0.2) is 6.29 Å². The van der Waals surface area contributed by atoms with Crippen molar-refractivity contribution >= 4 is 30.0 Å². The van der Waals surface area contributed by atoms with Crippen molar-refractivity contribution in [2.75, 3.05) is 11.6 Å². The first kappa shape index (κ1) is 15.8. The van der Waals surface area contributed by atoms with E-state index in [4.69, 9.17) is 10.2 Å². The molecule has 1 rings (SSSR count). The third-order valence-electron chi connectivity index (χ3n) is 2.30. The van der Waals surface area contributed by atoms with Gasteiger partial charge in [-0.05, 0) is 23.6 Å². The summed E-state index contributed by atoms with van der Waals surface area (Å²) >= 11 is 1.50. The number of nitrogens with one attached hydrogen (secondary N) is 1. The Balaban J connectivity index is 3.18. The van der Waals surface area contributed by atoms with Gasteiger partial charge in [-0.3, -0.25) is 10.1 Å². The molecule has 0 saturated carbocycles. The minimum Gasteiger partial charge on any atom is -0.405 e. The van der Waals surface area contributed by atoms with E-state index in [1.165, 1.54) is 17.8 Å². The number of allylic oxidation sites excluding steroid dienone is 2. The van der Waals surface area contributed by atoms with Crippen LogP contribution in [0.5, 0.6) is 0 Å². The molecule has 20 heavy (non-hydrogen) atoms. The maximum absolute atomic E-state index is 11.4. The monoisotopic (exact) mass is 294 g/mol. The molecular weight excluding hydrogens is 280 g/mol. The Kier molecular flexibility index (Phi) is 5.79. The number of amides is 2. The molecule has 0 unspecified atom stereocenters. The van der Waals surface area contributed by atoms with E-state index in [-0.39, 0.29) is 17.9 Å². The lowest BCUT2D eigenvalue weighted by molar-refractivity contribution is 0.112. The third-order valence-corrected chi connectivity index (χ3v) is 2.71. The number of hydrogen-bond acceptors (Lipinski definition) is 5. The summed E-state index contributed by atoms with van der Waals surface area (Å²) in [7, 11) is 0. The Morgan fingerprint density at radius 1 is 1.60 bits per heavy atom. The quantitative estimate of drug-likeness (QED) is 0.616. The van der Waals surface area contributed by atoms with E-state index < -0.39 is 11.7 Å². The van der Waals surface area contributed by atoms with Gasteiger partial charge in [-0.25, -0.2) is 9.59 Å². The average Bonchev–Trinajstić information content (AvgIpc) is 2.35. The molecule has 2 amide bonds. The highest BCUT2D eigenvalue weighted by molar-refractivity contribution is 8.01. The van der Waals surface area contributed by atoms with Crippen molar-refractivity contribution in [3.8, 4) is 0 Å². The van der Waals surface area contributed by atoms with Crippen molar-refractivity contribution in [2.45, 2.75) is 6.42 Å². The van der Waals surface area contributed by atoms with Crippen LogP contribution in [0, 0.1) is 0 Å². The van der Waals surface area contributed by atoms with Gasteiger partial charge < -0.3 is 10.2 Å². The molecular formula is C13H14N2O4S. The summed E-state index contributed by atoms with van der Waals surface area (Å²) in [6.07, 6.45) is 4.45. The van der Waals surface area contributed by atoms with Crippen molar-refractivity contribution in [3.63, 3.8) is 0 Å². The Morgan fingerprint density at radius 3 is 2.85 bits per heavy atom. The van der Waals surface area contributed by atoms with Gasteiger partial charge in [0.25, 0.3) is 0 Å². The highest BCUT2D eigenvalue weighted by atomic mass is 32.2. The fourth-order valence-corrected chi connectivity index (χ4v) is 1.83. The molecule has 0 aliphatic carbocycles. The third kappa shape index (κ3) is 4.43. The number of primary amides is 1. The van der Waals surface area contributed by atoms with Crippen molar-refractivity contribution in [1.29, 1.82) is 0 Å². The average molecular weight is 294 g/mol. The van der Waals surface area contributed by atoms with Gasteiger partial charge in [0, 0.05) is 6.07 Å². The summed E-state index contributed by atoms with van der Waals surface area (Å²) in [5.41, 5.74) is 5.46. The molecule has 1 aromatic rings. The van der Waals surface area contributed by atoms with E-state index in [1.54, 1.807) is 6.08 Å². The summed E-state index contributed by atoms with van der Waals surface area (Å²) in [5.74, 6) is -0.253. The molecule has 0 bridgehead atoms. The molecule has 0 aromatic carbocycles. The van der Waals surface area contributed by atoms with Crippen LogP contribution >= 0.6 is 11.8 Å². The van der Waals surface area contributed by atoms with Crippen molar-refractivity contribution in [1.82, 2.24) is 0 Å². The topological polar surface area (TPSA) is 102 Å². The second-order valence-corrected chi connectivity index (χ2v) is 4.56. The normalized spacial score (nSPS) is 10.4. The van der Waals surface area contributed by atoms with Gasteiger partial charge in [0.1, 0.15) is 0 Å². The number of anilines is 1. The molecule has 3 N–H and O–H groups in total. The van der Waals surface area contributed by atoms with Gasteiger partial charge in [-0.2, -0.15) is 0 Å². The van der Waals surface area contributed by atoms with Crippen LogP contribution in [0.25, 0.3) is 0 Å². The summed E-state index contributed by atoms with van der Waals surface area (Å²) in [6, 6.07) is 0.267. The standard InChI is InChI=1S/C13H14N2O4S/c1-8(3-4-20-2)5-9-6-11(17)19-12(10(9)7-16)15-13(14)18/h3-4,6-7H,1,5H2,2H3,(H3,14,15,18)/b4-3-. The number of hydrogen-bond donors (Lipinski definition) is 2. The Bertz CT molecular complexity index is 619. The van der Waals surface area contributed by atoms with E-state index in [0.29, 0.717) is 17.4 Å². The summed E-state index contributed by atoms with van der Waals surface area (Å²) in [4.78, 5) is 33.4. The second kappa shape index (κ2) is 7.34. The van der Waals surface area contributed by atoms with Gasteiger partial charge in [0.2, 0.25) is 5.88 Å². The fourth-order valence-electron chi connectivity index (χ4n) is 1.50. The smallest absolute Gasteiger partial charge is 0.337 e. The minimum absolute atomic E-state index is 0.0714. The number of nitrogens with two attached hydrogens (primary N) is 1. The zero-order valence-electron chi connectivity index (χ0n) is 10.8. The Morgan fingerprint density at radius 2 is 2.30 bits per heavy atom. The molecule has 0 saturated heterocycles. The maximum Gasteiger partial charge on any atom is 0.337 e. The van der Waals surface area contributed by atoms with Gasteiger partial charge >= 0.3 is 11.7 Å². The summed E-state index contributed by atoms with van der Waals surface area (Å²) < 4.78 is 4.76. The van der Waals surface area contributed by atoms with E-state index in [9.17, 15) is 14.4 Å². The Labute approximate surface area is 119 Å². The number of carbonyl (C=O) groups excluding carboxylic acids is 2. The first-order valence-corrected chi connectivity index (χ1v) is 6.82. The minimum atomic E-state index is -0.922. The SMILES string of the molecule is C=C(/C=C\SC)Cc1cc(=O)oc(NC(N)=O)c1C=O. The highest BCUT2D eigenvalue weighted by Gasteiger charge is 2.14. The van der Waals surface area contributed by atoms with Crippen molar-refractivity contribution in [2.24, 2.45) is 5.73 Å². The van der Waals surface area contributed by atoms with Crippen LogP contribution < -0.4 is 16.7 Å². The van der Waals surface area contributed by atoms with E-state index in [1.807, 2.05) is 11.7 Å². The number of rotatable bonds is 6. The first-order chi connectivity index (χ1) is 9.47. The zero-order chi connectivity index (χ0) is 15.1. The van der Waals surface area contributed by atoms with Crippen LogP contribution in [-0.4, -0.2) is 18.6 Å². The lowest BCUT2D eigenvalue weighted by Gasteiger charge is -2.08. The molecule has 0 spiro atoms. The molecule has 1 heterocycles. The van der Waals surface area contributed by atoms with E-state index in [0.717, 1.165) is 0 Å². The Hall–Kier alpha value is -2.28. The molecule has 1 aromatic heterocycles. The second-order valence-electron chi connectivity index (χ2n) is 3.81. The molecule has 0 radical (unpaired) electrons. The molecule has 7 heteroatoms. The number of thioether (sulfide) groups is 1. The molecule has 0 fully saturated rings. The predicted molar refractivity (Wildman–Crippen MR) is 79.1 cm³/mol. The largest absolute Gasteiger partial charge is 0.405 e. The van der Waals surface area contributed by atoms with Gasteiger partial charge in [-0.1, -0.05) is 18.2 Å². The lowest BCUT2D eigenvalue weighted by Crippen LogP contribution is -2.22. The van der Waals surface area contributed by atoms with Crippen LogP contribution in [0.3, 0.4) is 0 Å². The number of carbonyl (C=O) groups is 2. The maximum atomic E-state index is 11.4. The molecule has 106 valence electrons. The fraction of sp³-hybridized carbons (Fsp3) is 0.154. The van der Waals surface area contributed by atoms with Crippen LogP contribution in [0.15, 0.2) is 38.9 Å². The summed E-state index contributed by atoms with van der Waals surface area (Å²) in [6.45, 7) is 3.82. The van der Waals surface area contributed by atoms with Crippen LogP contribution in [0.4, 0.5) is 10.7 Å². The summed E-state index contributed by atoms with van der Waals surface area (Å²) in [5, 5.41) is 3.94. The van der Waals surface area contributed by atoms with Gasteiger partial charge in [0.05, 0.1) is 5.56 Å². The van der Waals surface area contributed by atoms with E-state index >= 15 is 0 Å². The number of aldehydes is 1. The highest BCUT2D eigenvalue weighted by Crippen LogP contribution is 2.19. The zero-order valence-corrected chi connectivity index (χ0v) is 11.7. The molecule has 0 aliphatic heterocycles. The van der Waals surface area contributed by atoms with Crippen molar-refractivity contribution < 1.29 is 14.0 Å². The first-order valence-electron chi connectivity index (χ1n) is 5.53. The molecule has 0 atom stereocenters. The van der Waals surface area contributed by atoms with Gasteiger partial charge in [-0.15, -0.1) is 11.8 Å². The lowest BCUT2D eigenvalue weighted by atomic mass is 10.0. The molecule has 0 aliphatic rings. The van der Waals surface area contributed by atoms with Crippen LogP contribution in [0.1, 0.15) is 15.9 Å². The van der Waals surface area contributed by atoms with Crippen molar-refractivity contribution in [3.05, 3.63) is 51.2 Å². The van der Waals surface area contributed by atoms with Crippen LogP contribution in [0.2, 0.25) is 0 Å². The number of urea groups is 1. The van der Waals surface area contributed by atoms with Crippen LogP contribution in [-0.2, 0) is 6.42 Å².